The first-order chi connectivity index (χ1) is 15.0. The molecule has 0 spiro atoms. The van der Waals surface area contributed by atoms with Crippen LogP contribution in [0.3, 0.4) is 0 Å². The Labute approximate surface area is 180 Å². The molecular formula is C24H25FN2O4. The number of ether oxygens (including phenoxy) is 2. The fourth-order valence-corrected chi connectivity index (χ4v) is 3.51. The molecule has 7 heteroatoms. The number of rotatable bonds is 8. The van der Waals surface area contributed by atoms with E-state index in [9.17, 15) is 9.18 Å². The van der Waals surface area contributed by atoms with E-state index >= 15 is 0 Å². The van der Waals surface area contributed by atoms with Crippen LogP contribution in [0.2, 0.25) is 0 Å². The lowest BCUT2D eigenvalue weighted by Crippen LogP contribution is -2.33. The Balaban J connectivity index is 1.53. The van der Waals surface area contributed by atoms with E-state index in [1.807, 2.05) is 13.8 Å². The minimum Gasteiger partial charge on any atom is -0.493 e. The molecule has 0 radical (unpaired) electrons. The Bertz CT molecular complexity index is 1070. The van der Waals surface area contributed by atoms with E-state index in [1.165, 1.54) is 13.2 Å². The van der Waals surface area contributed by atoms with Crippen LogP contribution in [0.15, 0.2) is 47.0 Å². The Morgan fingerprint density at radius 1 is 1.19 bits per heavy atom. The lowest BCUT2D eigenvalue weighted by atomic mass is 10.1. The average molecular weight is 424 g/mol. The predicted octanol–water partition coefficient (Wildman–Crippen LogP) is 4.82. The first-order valence-corrected chi connectivity index (χ1v) is 10.2. The number of benzene rings is 2. The fourth-order valence-electron chi connectivity index (χ4n) is 3.51. The molecule has 1 heterocycles. The molecule has 1 amide bonds. The summed E-state index contributed by atoms with van der Waals surface area (Å²) < 4.78 is 30.7. The Morgan fingerprint density at radius 3 is 2.61 bits per heavy atom. The van der Waals surface area contributed by atoms with Crippen LogP contribution in [0.5, 0.6) is 11.5 Å². The molecule has 162 valence electrons. The van der Waals surface area contributed by atoms with Gasteiger partial charge in [0.25, 0.3) is 5.91 Å². The maximum Gasteiger partial charge on any atom is 0.254 e. The summed E-state index contributed by atoms with van der Waals surface area (Å²) in [5.74, 6) is 1.23. The van der Waals surface area contributed by atoms with Crippen molar-refractivity contribution in [2.45, 2.75) is 45.9 Å². The van der Waals surface area contributed by atoms with Crippen LogP contribution in [-0.2, 0) is 13.2 Å². The molecular weight excluding hydrogens is 399 g/mol. The SMILES string of the molecule is COc1cc(C(=O)N(Cc2ccccc2F)C2CC2)ccc1OCc1c(C)noc1C. The monoisotopic (exact) mass is 424 g/mol. The molecule has 1 aliphatic carbocycles. The number of carbonyl (C=O) groups excluding carboxylic acids is 1. The van der Waals surface area contributed by atoms with E-state index in [0.717, 1.165) is 24.1 Å². The normalized spacial score (nSPS) is 13.2. The number of hydrogen-bond acceptors (Lipinski definition) is 5. The molecule has 31 heavy (non-hydrogen) atoms. The number of amides is 1. The second kappa shape index (κ2) is 8.79. The lowest BCUT2D eigenvalue weighted by Gasteiger charge is -2.23. The minimum atomic E-state index is -0.304. The second-order valence-corrected chi connectivity index (χ2v) is 7.71. The van der Waals surface area contributed by atoms with Crippen LogP contribution in [0.1, 0.15) is 45.8 Å². The summed E-state index contributed by atoms with van der Waals surface area (Å²) in [7, 11) is 1.53. The zero-order chi connectivity index (χ0) is 22.0. The van der Waals surface area contributed by atoms with Crippen LogP contribution in [-0.4, -0.2) is 29.1 Å². The van der Waals surface area contributed by atoms with Gasteiger partial charge in [0, 0.05) is 23.7 Å². The van der Waals surface area contributed by atoms with E-state index in [1.54, 1.807) is 41.3 Å². The van der Waals surface area contributed by atoms with Crippen LogP contribution >= 0.6 is 0 Å². The largest absolute Gasteiger partial charge is 0.493 e. The van der Waals surface area contributed by atoms with E-state index < -0.39 is 0 Å². The number of aromatic nitrogens is 1. The maximum atomic E-state index is 14.1. The molecule has 0 bridgehead atoms. The summed E-state index contributed by atoms with van der Waals surface area (Å²) in [4.78, 5) is 15.0. The molecule has 0 unspecified atom stereocenters. The zero-order valence-electron chi connectivity index (χ0n) is 17.9. The number of aryl methyl sites for hydroxylation is 2. The molecule has 0 aliphatic heterocycles. The van der Waals surface area contributed by atoms with Crippen molar-refractivity contribution in [1.82, 2.24) is 10.1 Å². The first kappa shape index (κ1) is 20.9. The van der Waals surface area contributed by atoms with Gasteiger partial charge in [0.15, 0.2) is 11.5 Å². The molecule has 2 aromatic carbocycles. The molecule has 1 aromatic heterocycles. The van der Waals surface area contributed by atoms with Gasteiger partial charge in [-0.05, 0) is 51.0 Å². The van der Waals surface area contributed by atoms with Gasteiger partial charge in [-0.2, -0.15) is 0 Å². The van der Waals surface area contributed by atoms with E-state index in [0.29, 0.717) is 28.4 Å². The van der Waals surface area contributed by atoms with Gasteiger partial charge in [0.2, 0.25) is 0 Å². The van der Waals surface area contributed by atoms with Crippen LogP contribution in [0.25, 0.3) is 0 Å². The summed E-state index contributed by atoms with van der Waals surface area (Å²) in [6.45, 7) is 4.21. The Kier molecular flexibility index (Phi) is 5.93. The van der Waals surface area contributed by atoms with Gasteiger partial charge in [0.05, 0.1) is 18.4 Å². The van der Waals surface area contributed by atoms with Gasteiger partial charge in [-0.15, -0.1) is 0 Å². The summed E-state index contributed by atoms with van der Waals surface area (Å²) >= 11 is 0. The van der Waals surface area contributed by atoms with Crippen molar-refractivity contribution < 1.29 is 23.2 Å². The summed E-state index contributed by atoms with van der Waals surface area (Å²) in [6, 6.07) is 11.8. The van der Waals surface area contributed by atoms with Crippen molar-refractivity contribution in [3.05, 3.63) is 76.4 Å². The number of halogens is 1. The molecule has 0 saturated heterocycles. The van der Waals surface area contributed by atoms with Crippen LogP contribution in [0, 0.1) is 19.7 Å². The van der Waals surface area contributed by atoms with E-state index in [2.05, 4.69) is 5.16 Å². The highest BCUT2D eigenvalue weighted by Crippen LogP contribution is 2.33. The average Bonchev–Trinajstić information content (AvgIpc) is 3.57. The molecule has 1 saturated carbocycles. The number of hydrogen-bond donors (Lipinski definition) is 0. The maximum absolute atomic E-state index is 14.1. The number of nitrogens with zero attached hydrogens (tertiary/aromatic N) is 2. The molecule has 6 nitrogen and oxygen atoms in total. The molecule has 0 atom stereocenters. The highest BCUT2D eigenvalue weighted by molar-refractivity contribution is 5.95. The third kappa shape index (κ3) is 4.55. The summed E-state index contributed by atoms with van der Waals surface area (Å²) in [5.41, 5.74) is 2.64. The molecule has 4 rings (SSSR count). The third-order valence-electron chi connectivity index (χ3n) is 5.51. The topological polar surface area (TPSA) is 64.8 Å². The minimum absolute atomic E-state index is 0.133. The molecule has 0 N–H and O–H groups in total. The summed E-state index contributed by atoms with van der Waals surface area (Å²) in [5, 5.41) is 3.93. The second-order valence-electron chi connectivity index (χ2n) is 7.71. The highest BCUT2D eigenvalue weighted by atomic mass is 19.1. The smallest absolute Gasteiger partial charge is 0.254 e. The van der Waals surface area contributed by atoms with Gasteiger partial charge in [-0.25, -0.2) is 4.39 Å². The Hall–Kier alpha value is -3.35. The van der Waals surface area contributed by atoms with Gasteiger partial charge in [-0.1, -0.05) is 23.4 Å². The quantitative estimate of drug-likeness (QED) is 0.519. The van der Waals surface area contributed by atoms with Crippen molar-refractivity contribution in [1.29, 1.82) is 0 Å². The van der Waals surface area contributed by atoms with Gasteiger partial charge in [-0.3, -0.25) is 4.79 Å². The standard InChI is InChI=1S/C24H25FN2O4/c1-15-20(16(2)31-26-15)14-30-22-11-8-17(12-23(22)29-3)24(28)27(19-9-10-19)13-18-6-4-5-7-21(18)25/h4-8,11-12,19H,9-10,13-14H2,1-3H3. The van der Waals surface area contributed by atoms with Gasteiger partial charge < -0.3 is 18.9 Å². The van der Waals surface area contributed by atoms with Crippen molar-refractivity contribution >= 4 is 5.91 Å². The lowest BCUT2D eigenvalue weighted by molar-refractivity contribution is 0.0728. The van der Waals surface area contributed by atoms with Crippen molar-refractivity contribution in [2.75, 3.05) is 7.11 Å². The van der Waals surface area contributed by atoms with Gasteiger partial charge >= 0.3 is 0 Å². The van der Waals surface area contributed by atoms with Gasteiger partial charge in [0.1, 0.15) is 18.2 Å². The first-order valence-electron chi connectivity index (χ1n) is 10.2. The van der Waals surface area contributed by atoms with E-state index in [4.69, 9.17) is 14.0 Å². The van der Waals surface area contributed by atoms with Crippen molar-refractivity contribution in [2.24, 2.45) is 0 Å². The molecule has 1 aliphatic rings. The Morgan fingerprint density at radius 2 is 1.97 bits per heavy atom. The summed E-state index contributed by atoms with van der Waals surface area (Å²) in [6.07, 6.45) is 1.85. The number of methoxy groups -OCH3 is 1. The van der Waals surface area contributed by atoms with Crippen molar-refractivity contribution in [3.8, 4) is 11.5 Å². The van der Waals surface area contributed by atoms with E-state index in [-0.39, 0.29) is 30.9 Å². The third-order valence-corrected chi connectivity index (χ3v) is 5.51. The van der Waals surface area contributed by atoms with Crippen LogP contribution in [0.4, 0.5) is 4.39 Å². The fraction of sp³-hybridized carbons (Fsp3) is 0.333. The molecule has 3 aromatic rings. The van der Waals surface area contributed by atoms with Crippen molar-refractivity contribution in [3.63, 3.8) is 0 Å². The predicted molar refractivity (Wildman–Crippen MR) is 113 cm³/mol. The molecule has 1 fully saturated rings. The zero-order valence-corrected chi connectivity index (χ0v) is 17.9. The number of carbonyl (C=O) groups is 1. The van der Waals surface area contributed by atoms with Crippen LogP contribution < -0.4 is 9.47 Å². The highest BCUT2D eigenvalue weighted by Gasteiger charge is 2.33.